The highest BCUT2D eigenvalue weighted by atomic mass is 35.5. The summed E-state index contributed by atoms with van der Waals surface area (Å²) in [6, 6.07) is 15.2. The van der Waals surface area contributed by atoms with E-state index < -0.39 is 0 Å². The molecule has 0 aliphatic carbocycles. The van der Waals surface area contributed by atoms with Crippen molar-refractivity contribution in [2.45, 2.75) is 13.0 Å². The third-order valence-corrected chi connectivity index (χ3v) is 4.99. The molecule has 1 amide bonds. The molecule has 0 saturated heterocycles. The number of aromatic nitrogens is 1. The molecule has 136 valence electrons. The Morgan fingerprint density at radius 3 is 2.48 bits per heavy atom. The van der Waals surface area contributed by atoms with Crippen LogP contribution < -0.4 is 5.32 Å². The number of anilines is 2. The number of hydrogen-bond donors (Lipinski definition) is 1. The number of halogens is 2. The summed E-state index contributed by atoms with van der Waals surface area (Å²) in [6.45, 7) is 1.33. The molecule has 6 heteroatoms. The van der Waals surface area contributed by atoms with Crippen molar-refractivity contribution in [3.05, 3.63) is 87.7 Å². The monoisotopic (exact) mass is 397 g/mol. The molecular formula is C21H17Cl2N3O. The van der Waals surface area contributed by atoms with Crippen LogP contribution in [0.2, 0.25) is 10.0 Å². The second-order valence-electron chi connectivity index (χ2n) is 6.49. The average Bonchev–Trinajstić information content (AvgIpc) is 2.66. The molecule has 0 spiro atoms. The fraction of sp³-hybridized carbons (Fsp3) is 0.143. The van der Waals surface area contributed by atoms with Gasteiger partial charge in [0.15, 0.2) is 0 Å². The summed E-state index contributed by atoms with van der Waals surface area (Å²) in [6.07, 6.45) is 4.13. The topological polar surface area (TPSA) is 45.2 Å². The van der Waals surface area contributed by atoms with E-state index in [1.54, 1.807) is 36.7 Å². The molecular weight excluding hydrogens is 381 g/mol. The van der Waals surface area contributed by atoms with E-state index in [4.69, 9.17) is 23.2 Å². The normalized spacial score (nSPS) is 13.2. The minimum absolute atomic E-state index is 0.0234. The number of nitrogens with zero attached hydrogens (tertiary/aromatic N) is 2. The van der Waals surface area contributed by atoms with Gasteiger partial charge in [-0.15, -0.1) is 0 Å². The van der Waals surface area contributed by atoms with Crippen LogP contribution in [0.15, 0.2) is 60.9 Å². The molecule has 0 unspecified atom stereocenters. The maximum Gasteiger partial charge on any atom is 0.255 e. The number of rotatable bonds is 3. The van der Waals surface area contributed by atoms with Crippen molar-refractivity contribution >= 4 is 40.5 Å². The highest BCUT2D eigenvalue weighted by Gasteiger charge is 2.22. The summed E-state index contributed by atoms with van der Waals surface area (Å²) < 4.78 is 0. The third kappa shape index (κ3) is 4.07. The minimum Gasteiger partial charge on any atom is -0.354 e. The van der Waals surface area contributed by atoms with Crippen molar-refractivity contribution in [2.75, 3.05) is 11.9 Å². The van der Waals surface area contributed by atoms with Gasteiger partial charge in [0.05, 0.1) is 17.4 Å². The standard InChI is InChI=1S/C21H17Cl2N3O/c22-17-8-18(23)10-19(9-17)25-20-7-16(11-24-12-20)21(27)26-6-5-14-3-1-2-4-15(14)13-26/h1-4,7-12,25H,5-6,13H2. The van der Waals surface area contributed by atoms with Crippen molar-refractivity contribution in [2.24, 2.45) is 0 Å². The van der Waals surface area contributed by atoms with Crippen molar-refractivity contribution in [1.82, 2.24) is 9.88 Å². The van der Waals surface area contributed by atoms with Crippen LogP contribution in [0, 0.1) is 0 Å². The Morgan fingerprint density at radius 1 is 0.963 bits per heavy atom. The number of amides is 1. The lowest BCUT2D eigenvalue weighted by atomic mass is 9.99. The molecule has 1 aromatic heterocycles. The predicted molar refractivity (Wildman–Crippen MR) is 109 cm³/mol. The Bertz CT molecular complexity index is 986. The highest BCUT2D eigenvalue weighted by molar-refractivity contribution is 6.35. The molecule has 0 fully saturated rings. The molecule has 0 radical (unpaired) electrons. The zero-order valence-electron chi connectivity index (χ0n) is 14.5. The Hall–Kier alpha value is -2.56. The first kappa shape index (κ1) is 17.8. The van der Waals surface area contributed by atoms with E-state index in [-0.39, 0.29) is 5.91 Å². The molecule has 1 aliphatic rings. The number of pyridine rings is 1. The number of nitrogens with one attached hydrogen (secondary N) is 1. The van der Waals surface area contributed by atoms with Gasteiger partial charge in [-0.05, 0) is 41.8 Å². The van der Waals surface area contributed by atoms with Gasteiger partial charge in [0, 0.05) is 35.0 Å². The number of benzene rings is 2. The molecule has 27 heavy (non-hydrogen) atoms. The van der Waals surface area contributed by atoms with E-state index in [0.717, 1.165) is 12.1 Å². The van der Waals surface area contributed by atoms with Gasteiger partial charge in [0.2, 0.25) is 0 Å². The summed E-state index contributed by atoms with van der Waals surface area (Å²) in [5, 5.41) is 4.28. The van der Waals surface area contributed by atoms with Crippen molar-refractivity contribution < 1.29 is 4.79 Å². The van der Waals surface area contributed by atoms with E-state index in [9.17, 15) is 4.79 Å². The molecule has 3 aromatic rings. The van der Waals surface area contributed by atoms with Crippen LogP contribution in [-0.2, 0) is 13.0 Å². The molecule has 1 N–H and O–H groups in total. The fourth-order valence-corrected chi connectivity index (χ4v) is 3.80. The Morgan fingerprint density at radius 2 is 1.70 bits per heavy atom. The summed E-state index contributed by atoms with van der Waals surface area (Å²) >= 11 is 12.1. The van der Waals surface area contributed by atoms with Crippen LogP contribution in [0.1, 0.15) is 21.5 Å². The largest absolute Gasteiger partial charge is 0.354 e. The summed E-state index contributed by atoms with van der Waals surface area (Å²) in [4.78, 5) is 19.0. The molecule has 4 rings (SSSR count). The molecule has 1 aliphatic heterocycles. The van der Waals surface area contributed by atoms with E-state index in [1.165, 1.54) is 11.1 Å². The van der Waals surface area contributed by atoms with E-state index in [2.05, 4.69) is 22.4 Å². The van der Waals surface area contributed by atoms with Crippen molar-refractivity contribution in [3.63, 3.8) is 0 Å². The maximum atomic E-state index is 12.9. The Balaban J connectivity index is 1.53. The Kier molecular flexibility index (Phi) is 5.01. The molecule has 0 saturated carbocycles. The van der Waals surface area contributed by atoms with Crippen LogP contribution in [0.4, 0.5) is 11.4 Å². The molecule has 4 nitrogen and oxygen atoms in total. The second-order valence-corrected chi connectivity index (χ2v) is 7.36. The summed E-state index contributed by atoms with van der Waals surface area (Å²) in [5.74, 6) is -0.0234. The van der Waals surface area contributed by atoms with E-state index in [1.807, 2.05) is 17.0 Å². The molecule has 2 aromatic carbocycles. The van der Waals surface area contributed by atoms with Crippen molar-refractivity contribution in [1.29, 1.82) is 0 Å². The minimum atomic E-state index is -0.0234. The summed E-state index contributed by atoms with van der Waals surface area (Å²) in [5.41, 5.74) is 4.51. The van der Waals surface area contributed by atoms with Gasteiger partial charge in [0.25, 0.3) is 5.91 Å². The first-order valence-corrected chi connectivity index (χ1v) is 9.38. The molecule has 2 heterocycles. The van der Waals surface area contributed by atoms with Gasteiger partial charge in [-0.2, -0.15) is 0 Å². The van der Waals surface area contributed by atoms with E-state index >= 15 is 0 Å². The van der Waals surface area contributed by atoms with Gasteiger partial charge >= 0.3 is 0 Å². The van der Waals surface area contributed by atoms with Crippen LogP contribution >= 0.6 is 23.2 Å². The average molecular weight is 398 g/mol. The Labute approximate surface area is 167 Å². The number of carbonyl (C=O) groups excluding carboxylic acids is 1. The van der Waals surface area contributed by atoms with E-state index in [0.29, 0.717) is 34.4 Å². The number of carbonyl (C=O) groups is 1. The zero-order chi connectivity index (χ0) is 18.8. The number of fused-ring (bicyclic) bond motifs is 1. The van der Waals surface area contributed by atoms with Crippen LogP contribution in [0.5, 0.6) is 0 Å². The third-order valence-electron chi connectivity index (χ3n) is 4.55. The fourth-order valence-electron chi connectivity index (χ4n) is 3.27. The van der Waals surface area contributed by atoms with Crippen LogP contribution in [0.25, 0.3) is 0 Å². The van der Waals surface area contributed by atoms with Gasteiger partial charge in [-0.1, -0.05) is 47.5 Å². The van der Waals surface area contributed by atoms with Gasteiger partial charge in [-0.3, -0.25) is 9.78 Å². The van der Waals surface area contributed by atoms with Gasteiger partial charge in [0.1, 0.15) is 0 Å². The predicted octanol–water partition coefficient (Wildman–Crippen LogP) is 5.33. The van der Waals surface area contributed by atoms with Gasteiger partial charge < -0.3 is 10.2 Å². The van der Waals surface area contributed by atoms with Crippen molar-refractivity contribution in [3.8, 4) is 0 Å². The van der Waals surface area contributed by atoms with Crippen LogP contribution in [0.3, 0.4) is 0 Å². The molecule has 0 bridgehead atoms. The zero-order valence-corrected chi connectivity index (χ0v) is 16.0. The lowest BCUT2D eigenvalue weighted by molar-refractivity contribution is 0.0734. The smallest absolute Gasteiger partial charge is 0.255 e. The lowest BCUT2D eigenvalue weighted by Crippen LogP contribution is -2.36. The second kappa shape index (κ2) is 7.59. The summed E-state index contributed by atoms with van der Waals surface area (Å²) in [7, 11) is 0. The number of hydrogen-bond acceptors (Lipinski definition) is 3. The van der Waals surface area contributed by atoms with Crippen LogP contribution in [-0.4, -0.2) is 22.3 Å². The quantitative estimate of drug-likeness (QED) is 0.649. The molecule has 0 atom stereocenters. The first-order chi connectivity index (χ1) is 13.1. The first-order valence-electron chi connectivity index (χ1n) is 8.63. The SMILES string of the molecule is O=C(c1cncc(Nc2cc(Cl)cc(Cl)c2)c1)N1CCc2ccccc2C1. The lowest BCUT2D eigenvalue weighted by Gasteiger charge is -2.29. The maximum absolute atomic E-state index is 12.9. The van der Waals surface area contributed by atoms with Gasteiger partial charge in [-0.25, -0.2) is 0 Å². The highest BCUT2D eigenvalue weighted by Crippen LogP contribution is 2.26.